The van der Waals surface area contributed by atoms with Crippen LogP contribution in [0.2, 0.25) is 0 Å². The number of halogens is 1. The molecule has 1 heterocycles. The largest absolute Gasteiger partial charge is 0.342 e. The third-order valence-electron chi connectivity index (χ3n) is 1.89. The predicted molar refractivity (Wildman–Crippen MR) is 60.4 cm³/mol. The Kier molecular flexibility index (Phi) is 4.37. The van der Waals surface area contributed by atoms with Gasteiger partial charge < -0.3 is 9.88 Å². The van der Waals surface area contributed by atoms with Gasteiger partial charge in [0, 0.05) is 17.2 Å². The standard InChI is InChI=1S/C10H12BrN3O/c1-2-5-14-7-8(11)6-9(14)10(15)13-4-3-12/h6-7H,2,4-5H2,1H3,(H,13,15). The van der Waals surface area contributed by atoms with Crippen molar-refractivity contribution in [1.82, 2.24) is 9.88 Å². The molecule has 0 unspecified atom stereocenters. The molecule has 1 aromatic rings. The number of aromatic nitrogens is 1. The fourth-order valence-electron chi connectivity index (χ4n) is 1.30. The molecule has 0 spiro atoms. The number of rotatable bonds is 4. The monoisotopic (exact) mass is 269 g/mol. The molecule has 5 heteroatoms. The van der Waals surface area contributed by atoms with E-state index in [2.05, 4.69) is 21.2 Å². The average molecular weight is 270 g/mol. The van der Waals surface area contributed by atoms with Crippen molar-refractivity contribution in [2.75, 3.05) is 6.54 Å². The summed E-state index contributed by atoms with van der Waals surface area (Å²) in [6, 6.07) is 3.63. The molecule has 0 aliphatic carbocycles. The Morgan fingerprint density at radius 3 is 3.07 bits per heavy atom. The Morgan fingerprint density at radius 1 is 1.73 bits per heavy atom. The summed E-state index contributed by atoms with van der Waals surface area (Å²) in [5.41, 5.74) is 0.582. The van der Waals surface area contributed by atoms with E-state index in [1.807, 2.05) is 23.8 Å². The first kappa shape index (κ1) is 11.8. The van der Waals surface area contributed by atoms with Gasteiger partial charge in [-0.3, -0.25) is 4.79 Å². The van der Waals surface area contributed by atoms with Crippen molar-refractivity contribution in [3.8, 4) is 6.07 Å². The molecular formula is C10H12BrN3O. The quantitative estimate of drug-likeness (QED) is 0.850. The number of nitriles is 1. The molecule has 4 nitrogen and oxygen atoms in total. The molecule has 0 saturated carbocycles. The van der Waals surface area contributed by atoms with Gasteiger partial charge >= 0.3 is 0 Å². The highest BCUT2D eigenvalue weighted by atomic mass is 79.9. The SMILES string of the molecule is CCCn1cc(Br)cc1C(=O)NCC#N. The summed E-state index contributed by atoms with van der Waals surface area (Å²) in [6.45, 7) is 2.87. The van der Waals surface area contributed by atoms with E-state index in [1.54, 1.807) is 6.07 Å². The molecule has 0 aromatic carbocycles. The van der Waals surface area contributed by atoms with Crippen LogP contribution < -0.4 is 5.32 Å². The molecule has 1 aromatic heterocycles. The third-order valence-corrected chi connectivity index (χ3v) is 2.32. The lowest BCUT2D eigenvalue weighted by Crippen LogP contribution is -2.26. The highest BCUT2D eigenvalue weighted by Crippen LogP contribution is 2.15. The first-order valence-electron chi connectivity index (χ1n) is 4.69. The van der Waals surface area contributed by atoms with Crippen molar-refractivity contribution < 1.29 is 4.79 Å². The first-order chi connectivity index (χ1) is 7.19. The smallest absolute Gasteiger partial charge is 0.268 e. The van der Waals surface area contributed by atoms with Crippen LogP contribution in [0, 0.1) is 11.3 Å². The topological polar surface area (TPSA) is 57.8 Å². The van der Waals surface area contributed by atoms with Crippen molar-refractivity contribution in [1.29, 1.82) is 5.26 Å². The minimum Gasteiger partial charge on any atom is -0.342 e. The molecule has 0 fully saturated rings. The molecule has 1 amide bonds. The third kappa shape index (κ3) is 3.10. The molecule has 1 N–H and O–H groups in total. The summed E-state index contributed by atoms with van der Waals surface area (Å²) in [4.78, 5) is 11.6. The summed E-state index contributed by atoms with van der Waals surface area (Å²) in [5.74, 6) is -0.212. The van der Waals surface area contributed by atoms with E-state index in [0.717, 1.165) is 17.4 Å². The molecule has 0 atom stereocenters. The van der Waals surface area contributed by atoms with Crippen LogP contribution in [0.5, 0.6) is 0 Å². The molecule has 80 valence electrons. The second-order valence-corrected chi connectivity index (χ2v) is 3.99. The number of nitrogens with zero attached hydrogens (tertiary/aromatic N) is 2. The van der Waals surface area contributed by atoms with Crippen LogP contribution in [-0.4, -0.2) is 17.0 Å². The Balaban J connectivity index is 2.82. The lowest BCUT2D eigenvalue weighted by Gasteiger charge is -2.06. The van der Waals surface area contributed by atoms with Gasteiger partial charge in [-0.05, 0) is 28.4 Å². The minimum atomic E-state index is -0.212. The van der Waals surface area contributed by atoms with Gasteiger partial charge in [0.25, 0.3) is 5.91 Å². The van der Waals surface area contributed by atoms with Gasteiger partial charge in [0.2, 0.25) is 0 Å². The van der Waals surface area contributed by atoms with Crippen LogP contribution in [0.1, 0.15) is 23.8 Å². The van der Waals surface area contributed by atoms with Crippen molar-refractivity contribution in [2.45, 2.75) is 19.9 Å². The maximum Gasteiger partial charge on any atom is 0.268 e. The Hall–Kier alpha value is -1.28. The van der Waals surface area contributed by atoms with Gasteiger partial charge in [-0.25, -0.2) is 0 Å². The van der Waals surface area contributed by atoms with E-state index in [-0.39, 0.29) is 12.5 Å². The summed E-state index contributed by atoms with van der Waals surface area (Å²) in [5, 5.41) is 10.9. The first-order valence-corrected chi connectivity index (χ1v) is 5.49. The minimum absolute atomic E-state index is 0.0355. The molecule has 0 aliphatic heterocycles. The fraction of sp³-hybridized carbons (Fsp3) is 0.400. The number of aryl methyl sites for hydroxylation is 1. The molecule has 0 radical (unpaired) electrons. The molecule has 0 bridgehead atoms. The fourth-order valence-corrected chi connectivity index (χ4v) is 1.77. The van der Waals surface area contributed by atoms with Crippen molar-refractivity contribution >= 4 is 21.8 Å². The van der Waals surface area contributed by atoms with E-state index >= 15 is 0 Å². The van der Waals surface area contributed by atoms with Gasteiger partial charge in [-0.2, -0.15) is 5.26 Å². The number of hydrogen-bond acceptors (Lipinski definition) is 2. The van der Waals surface area contributed by atoms with E-state index in [4.69, 9.17) is 5.26 Å². The highest BCUT2D eigenvalue weighted by Gasteiger charge is 2.11. The normalized spacial score (nSPS) is 9.67. The van der Waals surface area contributed by atoms with Crippen LogP contribution in [0.25, 0.3) is 0 Å². The maximum atomic E-state index is 11.6. The Bertz CT molecular complexity index is 392. The number of nitrogens with one attached hydrogen (secondary N) is 1. The molecule has 1 rings (SSSR count). The second kappa shape index (κ2) is 5.56. The van der Waals surface area contributed by atoms with E-state index < -0.39 is 0 Å². The van der Waals surface area contributed by atoms with Crippen LogP contribution >= 0.6 is 15.9 Å². The number of carbonyl (C=O) groups excluding carboxylic acids is 1. The molecular weight excluding hydrogens is 258 g/mol. The summed E-state index contributed by atoms with van der Waals surface area (Å²) in [7, 11) is 0. The van der Waals surface area contributed by atoms with Gasteiger partial charge in [-0.15, -0.1) is 0 Å². The molecule has 0 aliphatic rings. The Morgan fingerprint density at radius 2 is 2.47 bits per heavy atom. The second-order valence-electron chi connectivity index (χ2n) is 3.08. The summed E-state index contributed by atoms with van der Waals surface area (Å²) >= 11 is 3.32. The van der Waals surface area contributed by atoms with Gasteiger partial charge in [0.15, 0.2) is 0 Å². The maximum absolute atomic E-state index is 11.6. The summed E-state index contributed by atoms with van der Waals surface area (Å²) in [6.07, 6.45) is 2.82. The lowest BCUT2D eigenvalue weighted by molar-refractivity contribution is 0.0949. The van der Waals surface area contributed by atoms with Crippen molar-refractivity contribution in [3.63, 3.8) is 0 Å². The zero-order chi connectivity index (χ0) is 11.3. The predicted octanol–water partition coefficient (Wildman–Crippen LogP) is 1.91. The van der Waals surface area contributed by atoms with Crippen molar-refractivity contribution in [3.05, 3.63) is 22.4 Å². The highest BCUT2D eigenvalue weighted by molar-refractivity contribution is 9.10. The number of carbonyl (C=O) groups is 1. The molecule has 0 saturated heterocycles. The zero-order valence-corrected chi connectivity index (χ0v) is 10.0. The van der Waals surface area contributed by atoms with E-state index in [1.165, 1.54) is 0 Å². The van der Waals surface area contributed by atoms with Crippen molar-refractivity contribution in [2.24, 2.45) is 0 Å². The lowest BCUT2D eigenvalue weighted by atomic mass is 10.4. The van der Waals surface area contributed by atoms with Gasteiger partial charge in [0.1, 0.15) is 12.2 Å². The van der Waals surface area contributed by atoms with Gasteiger partial charge in [0.05, 0.1) is 6.07 Å². The average Bonchev–Trinajstić information content (AvgIpc) is 2.57. The van der Waals surface area contributed by atoms with Crippen LogP contribution in [0.3, 0.4) is 0 Å². The zero-order valence-electron chi connectivity index (χ0n) is 8.46. The molecule has 15 heavy (non-hydrogen) atoms. The van der Waals surface area contributed by atoms with Crippen LogP contribution in [0.4, 0.5) is 0 Å². The van der Waals surface area contributed by atoms with Crippen LogP contribution in [0.15, 0.2) is 16.7 Å². The van der Waals surface area contributed by atoms with Crippen LogP contribution in [-0.2, 0) is 6.54 Å². The Labute approximate surface area is 97.0 Å². The van der Waals surface area contributed by atoms with Gasteiger partial charge in [-0.1, -0.05) is 6.92 Å². The number of hydrogen-bond donors (Lipinski definition) is 1. The van der Waals surface area contributed by atoms with E-state index in [9.17, 15) is 4.79 Å². The van der Waals surface area contributed by atoms with E-state index in [0.29, 0.717) is 5.69 Å². The summed E-state index contributed by atoms with van der Waals surface area (Å²) < 4.78 is 2.75. The number of amides is 1.